The van der Waals surface area contributed by atoms with Crippen LogP contribution in [0.4, 0.5) is 4.79 Å². The van der Waals surface area contributed by atoms with E-state index < -0.39 is 68.3 Å². The molecule has 0 bridgehead atoms. The number of likely N-dealkylation sites (tertiary alicyclic amines) is 1. The normalized spacial score (nSPS) is 28.6. The zero-order valence-corrected chi connectivity index (χ0v) is 58.8. The van der Waals surface area contributed by atoms with E-state index in [1.165, 1.54) is 33.5 Å². The number of nitrogens with zero attached hydrogens (tertiary/aromatic N) is 3. The molecule has 6 aliphatic heterocycles. The smallest absolute Gasteiger partial charge is 0.408 e. The molecule has 6 amide bonds. The van der Waals surface area contributed by atoms with Crippen LogP contribution < -0.4 is 27.0 Å². The molecule has 11 fully saturated rings. The van der Waals surface area contributed by atoms with E-state index in [1.807, 2.05) is 67.8 Å². The predicted octanol–water partition coefficient (Wildman–Crippen LogP) is 9.46. The van der Waals surface area contributed by atoms with Crippen LogP contribution in [0, 0.1) is 5.41 Å². The van der Waals surface area contributed by atoms with Gasteiger partial charge >= 0.3 is 30.0 Å². The van der Waals surface area contributed by atoms with E-state index in [4.69, 9.17) is 25.4 Å². The summed E-state index contributed by atoms with van der Waals surface area (Å²) in [6.07, 6.45) is 30.1. The Labute approximate surface area is 569 Å². The fraction of sp³-hybridized carbons (Fsp3) is 0.775. The van der Waals surface area contributed by atoms with Gasteiger partial charge in [0.25, 0.3) is 0 Å². The molecule has 24 heteroatoms. The fourth-order valence-corrected chi connectivity index (χ4v) is 16.5. The number of halogens is 1. The molecule has 5 aliphatic carbocycles. The van der Waals surface area contributed by atoms with Crippen molar-refractivity contribution in [1.29, 1.82) is 0 Å². The summed E-state index contributed by atoms with van der Waals surface area (Å²) in [7, 11) is 2.76. The summed E-state index contributed by atoms with van der Waals surface area (Å²) in [5.74, 6) is -1.71. The number of carbonyl (C=O) groups is 10. The maximum Gasteiger partial charge on any atom is 0.408 e. The Bertz CT molecular complexity index is 2750. The van der Waals surface area contributed by atoms with Gasteiger partial charge in [-0.2, -0.15) is 0 Å². The summed E-state index contributed by atoms with van der Waals surface area (Å²) >= 11 is 0. The van der Waals surface area contributed by atoms with Crippen molar-refractivity contribution in [2.24, 2.45) is 11.1 Å². The van der Waals surface area contributed by atoms with Crippen molar-refractivity contribution < 1.29 is 72.4 Å². The van der Waals surface area contributed by atoms with Crippen LogP contribution in [0.25, 0.3) is 0 Å². The number of piperazine rings is 2. The molecule has 0 radical (unpaired) electrons. The number of fused-ring (bicyclic) bond motifs is 2. The van der Waals surface area contributed by atoms with Crippen LogP contribution in [0.3, 0.4) is 0 Å². The van der Waals surface area contributed by atoms with E-state index in [-0.39, 0.29) is 59.9 Å². The predicted molar refractivity (Wildman–Crippen MR) is 360 cm³/mol. The first-order valence-corrected chi connectivity index (χ1v) is 35.4. The number of rotatable bonds is 9. The number of carbonyl (C=O) groups excluding carboxylic acids is 8. The van der Waals surface area contributed by atoms with Gasteiger partial charge in [-0.1, -0.05) is 134 Å². The van der Waals surface area contributed by atoms with Crippen molar-refractivity contribution >= 4 is 71.9 Å². The van der Waals surface area contributed by atoms with Gasteiger partial charge in [0.1, 0.15) is 50.9 Å². The molecule has 95 heavy (non-hydrogen) atoms. The van der Waals surface area contributed by atoms with Gasteiger partial charge in [-0.05, 0) is 162 Å². The van der Waals surface area contributed by atoms with Crippen molar-refractivity contribution in [1.82, 2.24) is 36.0 Å². The molecule has 12 rings (SSSR count). The Morgan fingerprint density at radius 2 is 0.979 bits per heavy atom. The number of nitrogens with one attached hydrogen (secondary N) is 4. The molecule has 6 saturated heterocycles. The lowest BCUT2D eigenvalue weighted by molar-refractivity contribution is -0.161. The van der Waals surface area contributed by atoms with Gasteiger partial charge in [0, 0.05) is 19.6 Å². The average molecular weight is 1350 g/mol. The number of hydrogen-bond donors (Lipinski definition) is 7. The van der Waals surface area contributed by atoms with Crippen molar-refractivity contribution in [3.05, 3.63) is 35.9 Å². The standard InChI is InChI=1S/C22H30N2O5.2C13H20N2O2.C9H16O2.2C7H13NO2.ClH/c1-21(19(26)28-2)12-9-15-24(21)18(25)22(13-7-4-8-14-22)23-20(27)29-16-17-10-5-3-6-11-17;2*1-12-6-5-9-15(12)11(17)13(14-10(12)16)7-3-2-4-8-13;1-2-9(8(10)11)6-4-3-5-7-9;1-7(6(9)10-2)4-3-5-8-7;8-7(6(9)10)4-2-1-3-5-7;/h3,5-6,10-11H,4,7-9,12-16H2,1-2H3,(H,23,27);2*2-9H2,1H3,(H,14,16);2-7H2,1H3,(H,10,11);8H,3-5H2,1-2H3;1-5,8H2,(H,9,10);1H/t21-;2*12-;;7-;;/m000.0../s1. The lowest BCUT2D eigenvalue weighted by atomic mass is 9.72. The topological polar surface area (TPSA) is 323 Å². The minimum atomic E-state index is -1.04. The number of methoxy groups -OCH3 is 2. The monoisotopic (exact) mass is 1350 g/mol. The minimum Gasteiger partial charge on any atom is -0.481 e. The third kappa shape index (κ3) is 17.4. The molecule has 4 atom stereocenters. The van der Waals surface area contributed by atoms with E-state index in [9.17, 15) is 47.9 Å². The van der Waals surface area contributed by atoms with E-state index >= 15 is 0 Å². The van der Waals surface area contributed by atoms with Gasteiger partial charge in [-0.25, -0.2) is 9.59 Å². The van der Waals surface area contributed by atoms with E-state index in [0.717, 1.165) is 192 Å². The summed E-state index contributed by atoms with van der Waals surface area (Å²) in [4.78, 5) is 126. The fourth-order valence-electron chi connectivity index (χ4n) is 16.5. The zero-order chi connectivity index (χ0) is 68.6. The van der Waals surface area contributed by atoms with Gasteiger partial charge in [0.05, 0.1) is 19.6 Å². The Morgan fingerprint density at radius 1 is 0.537 bits per heavy atom. The largest absolute Gasteiger partial charge is 0.481 e. The van der Waals surface area contributed by atoms with E-state index in [0.29, 0.717) is 38.6 Å². The quantitative estimate of drug-likeness (QED) is 0.0894. The molecular formula is C71H113ClN8O15. The van der Waals surface area contributed by atoms with Crippen LogP contribution in [-0.4, -0.2) is 169 Å². The van der Waals surface area contributed by atoms with Gasteiger partial charge in [0.15, 0.2) is 0 Å². The third-order valence-corrected chi connectivity index (χ3v) is 23.0. The number of alkyl carbamates (subject to hydrolysis) is 1. The number of aliphatic carboxylic acids is 2. The zero-order valence-electron chi connectivity index (χ0n) is 58.0. The highest BCUT2D eigenvalue weighted by molar-refractivity contribution is 6.03. The second kappa shape index (κ2) is 33.5. The maximum absolute atomic E-state index is 13.6. The number of ether oxygens (including phenoxy) is 3. The number of nitrogens with two attached hydrogens (primary N) is 1. The third-order valence-electron chi connectivity index (χ3n) is 23.0. The molecule has 23 nitrogen and oxygen atoms in total. The number of hydrogen-bond acceptors (Lipinski definition) is 15. The van der Waals surface area contributed by atoms with Crippen molar-refractivity contribution in [3.63, 3.8) is 0 Å². The SMILES string of the molecule is CCC1(C(=O)O)CCCCC1.COC(=O)[C@]1(C)CCCN1.COC(=O)[C@]1(C)CCCN1C(=O)C1(NC(=O)OCc2ccccc2)CCCCC1.C[C@@]12CCCN1C(=O)C1(CCCCC1)NC2=O.C[C@@]12CCCN1C(=O)C1(CCCCC1)NC2=O.Cl.NC1(C(=O)O)CCCCC1. The van der Waals surface area contributed by atoms with Crippen molar-refractivity contribution in [2.75, 3.05) is 40.4 Å². The molecule has 8 N–H and O–H groups in total. The highest BCUT2D eigenvalue weighted by Crippen LogP contribution is 2.44. The molecule has 2 spiro atoms. The molecule has 5 saturated carbocycles. The van der Waals surface area contributed by atoms with Crippen molar-refractivity contribution in [2.45, 2.75) is 304 Å². The van der Waals surface area contributed by atoms with Crippen LogP contribution in [0.2, 0.25) is 0 Å². The highest BCUT2D eigenvalue weighted by Gasteiger charge is 2.60. The number of amides is 6. The van der Waals surface area contributed by atoms with Gasteiger partial charge in [0.2, 0.25) is 29.5 Å². The van der Waals surface area contributed by atoms with Crippen molar-refractivity contribution in [3.8, 4) is 0 Å². The summed E-state index contributed by atoms with van der Waals surface area (Å²) < 4.78 is 15.0. The second-order valence-corrected chi connectivity index (χ2v) is 29.4. The first-order valence-electron chi connectivity index (χ1n) is 35.4. The number of carboxylic acids is 2. The lowest BCUT2D eigenvalue weighted by Crippen LogP contribution is -2.73. The van der Waals surface area contributed by atoms with Gasteiger partial charge in [-0.3, -0.25) is 38.4 Å². The number of benzene rings is 1. The first-order chi connectivity index (χ1) is 44.6. The Morgan fingerprint density at radius 3 is 1.38 bits per heavy atom. The summed E-state index contributed by atoms with van der Waals surface area (Å²) in [6, 6.07) is 9.41. The van der Waals surface area contributed by atoms with Gasteiger partial charge < -0.3 is 66.1 Å². The molecule has 11 aliphatic rings. The minimum absolute atomic E-state index is 0. The summed E-state index contributed by atoms with van der Waals surface area (Å²) in [5.41, 5.74) is 0.524. The van der Waals surface area contributed by atoms with Crippen LogP contribution in [0.15, 0.2) is 30.3 Å². The van der Waals surface area contributed by atoms with Crippen LogP contribution in [-0.2, 0) is 64.0 Å². The van der Waals surface area contributed by atoms with E-state index in [1.54, 1.807) is 11.8 Å². The highest BCUT2D eigenvalue weighted by atomic mass is 35.5. The molecule has 0 unspecified atom stereocenters. The lowest BCUT2D eigenvalue weighted by Gasteiger charge is -2.49. The van der Waals surface area contributed by atoms with Crippen LogP contribution in [0.5, 0.6) is 0 Å². The Kier molecular flexibility index (Phi) is 27.4. The molecule has 6 heterocycles. The second-order valence-electron chi connectivity index (χ2n) is 29.4. The van der Waals surface area contributed by atoms with Crippen LogP contribution >= 0.6 is 12.4 Å². The molecular weight excluding hydrogens is 1240 g/mol. The summed E-state index contributed by atoms with van der Waals surface area (Å²) in [5, 5.41) is 29.8. The average Bonchev–Trinajstić information content (AvgIpc) is 1.70. The number of esters is 2. The number of carboxylic acid groups (broad SMARTS) is 2. The van der Waals surface area contributed by atoms with E-state index in [2.05, 4.69) is 26.0 Å². The Hall–Kier alpha value is -6.07. The molecule has 534 valence electrons. The Balaban J connectivity index is 0.000000189. The van der Waals surface area contributed by atoms with Crippen LogP contribution in [0.1, 0.15) is 258 Å². The molecule has 1 aromatic carbocycles. The maximum atomic E-state index is 13.6. The summed E-state index contributed by atoms with van der Waals surface area (Å²) in [6.45, 7) is 12.5. The molecule has 1 aromatic rings. The molecule has 0 aromatic heterocycles. The van der Waals surface area contributed by atoms with Gasteiger partial charge in [-0.15, -0.1) is 12.4 Å². The first kappa shape index (κ1) is 77.9.